The highest BCUT2D eigenvalue weighted by molar-refractivity contribution is 7.92. The molecule has 0 radical (unpaired) electrons. The van der Waals surface area contributed by atoms with Gasteiger partial charge in [-0.1, -0.05) is 25.1 Å². The number of nitrogens with one attached hydrogen (secondary N) is 2. The molecule has 168 valence electrons. The summed E-state index contributed by atoms with van der Waals surface area (Å²) in [6.45, 7) is 3.78. The third-order valence-corrected chi connectivity index (χ3v) is 6.25. The van der Waals surface area contributed by atoms with Gasteiger partial charge in [0.15, 0.2) is 6.61 Å². The number of hydrogen-bond acceptors (Lipinski definition) is 5. The number of methoxy groups -OCH3 is 1. The van der Waals surface area contributed by atoms with Crippen LogP contribution in [0.3, 0.4) is 0 Å². The van der Waals surface area contributed by atoms with Crippen LogP contribution < -0.4 is 19.5 Å². The first-order valence-electron chi connectivity index (χ1n) is 10.1. The quantitative estimate of drug-likeness (QED) is 0.500. The number of rotatable bonds is 9. The lowest BCUT2D eigenvalue weighted by Gasteiger charge is -2.13. The van der Waals surface area contributed by atoms with E-state index in [0.29, 0.717) is 17.2 Å². The van der Waals surface area contributed by atoms with Crippen LogP contribution in [0.15, 0.2) is 71.6 Å². The molecule has 3 aromatic rings. The van der Waals surface area contributed by atoms with Gasteiger partial charge >= 0.3 is 0 Å². The topological polar surface area (TPSA) is 93.7 Å². The van der Waals surface area contributed by atoms with Crippen molar-refractivity contribution in [3.8, 4) is 11.5 Å². The molecular formula is C24H26N2O5S. The highest BCUT2D eigenvalue weighted by atomic mass is 32.2. The molecule has 0 bridgehead atoms. The third-order valence-electron chi connectivity index (χ3n) is 4.85. The van der Waals surface area contributed by atoms with Gasteiger partial charge in [-0.15, -0.1) is 0 Å². The smallest absolute Gasteiger partial charge is 0.262 e. The van der Waals surface area contributed by atoms with Gasteiger partial charge in [-0.3, -0.25) is 9.52 Å². The van der Waals surface area contributed by atoms with Crippen LogP contribution in [0.1, 0.15) is 18.1 Å². The van der Waals surface area contributed by atoms with Gasteiger partial charge in [0.2, 0.25) is 0 Å². The summed E-state index contributed by atoms with van der Waals surface area (Å²) in [6, 6.07) is 18.3. The molecule has 3 aromatic carbocycles. The van der Waals surface area contributed by atoms with E-state index >= 15 is 0 Å². The molecule has 0 aliphatic carbocycles. The maximum absolute atomic E-state index is 12.6. The molecule has 1 amide bonds. The summed E-state index contributed by atoms with van der Waals surface area (Å²) in [5.74, 6) is 0.739. The number of carbonyl (C=O) groups excluding carboxylic acids is 1. The average molecular weight is 455 g/mol. The average Bonchev–Trinajstić information content (AvgIpc) is 2.79. The molecule has 0 fully saturated rings. The number of carbonyl (C=O) groups is 1. The summed E-state index contributed by atoms with van der Waals surface area (Å²) < 4.78 is 38.3. The van der Waals surface area contributed by atoms with Crippen molar-refractivity contribution in [3.63, 3.8) is 0 Å². The van der Waals surface area contributed by atoms with Crippen LogP contribution in [-0.2, 0) is 21.2 Å². The number of amides is 1. The zero-order chi connectivity index (χ0) is 23.1. The summed E-state index contributed by atoms with van der Waals surface area (Å²) in [4.78, 5) is 12.4. The van der Waals surface area contributed by atoms with Crippen LogP contribution in [0.4, 0.5) is 11.4 Å². The van der Waals surface area contributed by atoms with Gasteiger partial charge < -0.3 is 14.8 Å². The lowest BCUT2D eigenvalue weighted by molar-refractivity contribution is -0.118. The van der Waals surface area contributed by atoms with Crippen LogP contribution in [0.2, 0.25) is 0 Å². The van der Waals surface area contributed by atoms with E-state index in [4.69, 9.17) is 9.47 Å². The second kappa shape index (κ2) is 10.2. The van der Waals surface area contributed by atoms with E-state index in [1.165, 1.54) is 31.4 Å². The second-order valence-electron chi connectivity index (χ2n) is 7.10. The minimum Gasteiger partial charge on any atom is -0.497 e. The molecule has 0 spiro atoms. The van der Waals surface area contributed by atoms with E-state index in [0.717, 1.165) is 23.2 Å². The maximum atomic E-state index is 12.6. The predicted molar refractivity (Wildman–Crippen MR) is 125 cm³/mol. The molecule has 0 aromatic heterocycles. The first-order chi connectivity index (χ1) is 15.3. The molecule has 7 nitrogen and oxygen atoms in total. The highest BCUT2D eigenvalue weighted by Crippen LogP contribution is 2.23. The second-order valence-corrected chi connectivity index (χ2v) is 8.79. The van der Waals surface area contributed by atoms with Gasteiger partial charge in [-0.05, 0) is 73.0 Å². The number of aryl methyl sites for hydroxylation is 2. The Kier molecular flexibility index (Phi) is 7.37. The van der Waals surface area contributed by atoms with Gasteiger partial charge in [-0.2, -0.15) is 0 Å². The summed E-state index contributed by atoms with van der Waals surface area (Å²) in [6.07, 6.45) is 0.804. The summed E-state index contributed by atoms with van der Waals surface area (Å²) >= 11 is 0. The number of para-hydroxylation sites is 1. The summed E-state index contributed by atoms with van der Waals surface area (Å²) in [7, 11) is -2.22. The Bertz CT molecular complexity index is 1170. The van der Waals surface area contributed by atoms with Gasteiger partial charge in [0, 0.05) is 11.4 Å². The number of hydrogen-bond donors (Lipinski definition) is 2. The third kappa shape index (κ3) is 5.79. The highest BCUT2D eigenvalue weighted by Gasteiger charge is 2.15. The lowest BCUT2D eigenvalue weighted by atomic mass is 10.1. The van der Waals surface area contributed by atoms with Gasteiger partial charge in [0.25, 0.3) is 15.9 Å². The molecular weight excluding hydrogens is 428 g/mol. The minimum atomic E-state index is -3.76. The van der Waals surface area contributed by atoms with Crippen LogP contribution in [0, 0.1) is 6.92 Å². The normalized spacial score (nSPS) is 11.0. The van der Waals surface area contributed by atoms with Crippen molar-refractivity contribution in [1.82, 2.24) is 0 Å². The Morgan fingerprint density at radius 1 is 0.938 bits per heavy atom. The zero-order valence-corrected chi connectivity index (χ0v) is 19.0. The van der Waals surface area contributed by atoms with Gasteiger partial charge in [-0.25, -0.2) is 8.42 Å². The van der Waals surface area contributed by atoms with E-state index in [-0.39, 0.29) is 17.4 Å². The summed E-state index contributed by atoms with van der Waals surface area (Å²) in [5.41, 5.74) is 3.26. The molecule has 0 saturated heterocycles. The first-order valence-corrected chi connectivity index (χ1v) is 11.6. The van der Waals surface area contributed by atoms with Crippen molar-refractivity contribution < 1.29 is 22.7 Å². The molecule has 3 rings (SSSR count). The maximum Gasteiger partial charge on any atom is 0.262 e. The van der Waals surface area contributed by atoms with Crippen molar-refractivity contribution >= 4 is 27.3 Å². The number of sulfonamides is 1. The van der Waals surface area contributed by atoms with Crippen molar-refractivity contribution in [2.24, 2.45) is 0 Å². The molecule has 2 N–H and O–H groups in total. The fourth-order valence-electron chi connectivity index (χ4n) is 3.11. The monoisotopic (exact) mass is 454 g/mol. The van der Waals surface area contributed by atoms with E-state index in [9.17, 15) is 13.2 Å². The van der Waals surface area contributed by atoms with Gasteiger partial charge in [0.05, 0.1) is 12.0 Å². The Morgan fingerprint density at radius 2 is 1.59 bits per heavy atom. The Morgan fingerprint density at radius 3 is 2.22 bits per heavy atom. The van der Waals surface area contributed by atoms with Crippen molar-refractivity contribution in [2.45, 2.75) is 25.2 Å². The van der Waals surface area contributed by atoms with E-state index < -0.39 is 10.0 Å². The SMILES string of the molecule is CCc1cccc(C)c1NC(=O)COc1ccc(S(=O)(=O)Nc2ccc(OC)cc2)cc1. The lowest BCUT2D eigenvalue weighted by Crippen LogP contribution is -2.21. The first kappa shape index (κ1) is 23.1. The Balaban J connectivity index is 1.60. The van der Waals surface area contributed by atoms with Crippen molar-refractivity contribution in [3.05, 3.63) is 77.9 Å². The van der Waals surface area contributed by atoms with Crippen molar-refractivity contribution in [2.75, 3.05) is 23.8 Å². The van der Waals surface area contributed by atoms with E-state index in [1.807, 2.05) is 32.0 Å². The fraction of sp³-hybridized carbons (Fsp3) is 0.208. The van der Waals surface area contributed by atoms with Gasteiger partial charge in [0.1, 0.15) is 11.5 Å². The Hall–Kier alpha value is -3.52. The standard InChI is InChI=1S/C24H26N2O5S/c1-4-18-7-5-6-17(2)24(18)25-23(27)16-31-21-12-14-22(15-13-21)32(28,29)26-19-8-10-20(30-3)11-9-19/h5-15,26H,4,16H2,1-3H3,(H,25,27). The number of anilines is 2. The number of ether oxygens (including phenoxy) is 2. The minimum absolute atomic E-state index is 0.0811. The molecule has 0 aliphatic heterocycles. The molecule has 0 atom stereocenters. The molecule has 0 unspecified atom stereocenters. The fourth-order valence-corrected chi connectivity index (χ4v) is 4.17. The van der Waals surface area contributed by atoms with E-state index in [2.05, 4.69) is 10.0 Å². The van der Waals surface area contributed by atoms with Crippen LogP contribution in [0.25, 0.3) is 0 Å². The molecule has 0 aliphatic rings. The number of benzene rings is 3. The van der Waals surface area contributed by atoms with Crippen LogP contribution in [-0.4, -0.2) is 28.0 Å². The van der Waals surface area contributed by atoms with E-state index in [1.54, 1.807) is 24.3 Å². The Labute approximate surface area is 188 Å². The zero-order valence-electron chi connectivity index (χ0n) is 18.2. The predicted octanol–water partition coefficient (Wildman–Crippen LogP) is 4.38. The largest absolute Gasteiger partial charge is 0.497 e. The molecule has 32 heavy (non-hydrogen) atoms. The molecule has 0 heterocycles. The van der Waals surface area contributed by atoms with Crippen LogP contribution in [0.5, 0.6) is 11.5 Å². The molecule has 8 heteroatoms. The van der Waals surface area contributed by atoms with Crippen LogP contribution >= 0.6 is 0 Å². The summed E-state index contributed by atoms with van der Waals surface area (Å²) in [5, 5.41) is 2.89. The molecule has 0 saturated carbocycles. The van der Waals surface area contributed by atoms with Crippen molar-refractivity contribution in [1.29, 1.82) is 0 Å².